The molecule has 3 rings (SSSR count). The Morgan fingerprint density at radius 3 is 2.48 bits per heavy atom. The maximum absolute atomic E-state index is 12.2. The van der Waals surface area contributed by atoms with Crippen LogP contribution in [0.2, 0.25) is 5.02 Å². The molecule has 5 heteroatoms. The smallest absolute Gasteiger partial charge is 0.331 e. The molecule has 0 spiro atoms. The molecule has 1 aliphatic rings. The van der Waals surface area contributed by atoms with Gasteiger partial charge < -0.3 is 9.64 Å². The van der Waals surface area contributed by atoms with E-state index >= 15 is 0 Å². The first kappa shape index (κ1) is 18.9. The molecule has 2 aromatic carbocycles. The summed E-state index contributed by atoms with van der Waals surface area (Å²) in [5, 5.41) is 0.631. The van der Waals surface area contributed by atoms with Crippen LogP contribution in [0.1, 0.15) is 17.5 Å². The third-order valence-electron chi connectivity index (χ3n) is 4.33. The Kier molecular flexibility index (Phi) is 6.44. The van der Waals surface area contributed by atoms with E-state index in [0.717, 1.165) is 12.0 Å². The topological polar surface area (TPSA) is 46.6 Å². The summed E-state index contributed by atoms with van der Waals surface area (Å²) in [6, 6.07) is 17.2. The lowest BCUT2D eigenvalue weighted by atomic mass is 10.00. The van der Waals surface area contributed by atoms with Crippen molar-refractivity contribution in [2.45, 2.75) is 6.42 Å². The highest BCUT2D eigenvalue weighted by Gasteiger charge is 2.18. The largest absolute Gasteiger partial charge is 0.452 e. The summed E-state index contributed by atoms with van der Waals surface area (Å²) < 4.78 is 5.05. The number of carbonyl (C=O) groups excluding carboxylic acids is 2. The fourth-order valence-electron chi connectivity index (χ4n) is 2.82. The summed E-state index contributed by atoms with van der Waals surface area (Å²) in [5.74, 6) is -0.734. The van der Waals surface area contributed by atoms with Gasteiger partial charge in [-0.3, -0.25) is 4.79 Å². The number of benzene rings is 2. The van der Waals surface area contributed by atoms with Crippen molar-refractivity contribution in [2.75, 3.05) is 19.7 Å². The fraction of sp³-hybridized carbons (Fsp3) is 0.182. The van der Waals surface area contributed by atoms with Crippen molar-refractivity contribution in [3.63, 3.8) is 0 Å². The Labute approximate surface area is 163 Å². The van der Waals surface area contributed by atoms with Crippen molar-refractivity contribution in [1.29, 1.82) is 0 Å². The summed E-state index contributed by atoms with van der Waals surface area (Å²) >= 11 is 5.81. The number of carbonyl (C=O) groups is 2. The normalized spacial score (nSPS) is 14.1. The molecule has 0 aliphatic carbocycles. The molecule has 0 atom stereocenters. The van der Waals surface area contributed by atoms with E-state index in [0.29, 0.717) is 18.1 Å². The van der Waals surface area contributed by atoms with E-state index in [4.69, 9.17) is 16.3 Å². The molecule has 0 saturated carbocycles. The van der Waals surface area contributed by atoms with Gasteiger partial charge in [0, 0.05) is 24.2 Å². The van der Waals surface area contributed by atoms with E-state index in [9.17, 15) is 9.59 Å². The molecule has 0 unspecified atom stereocenters. The Balaban J connectivity index is 1.46. The van der Waals surface area contributed by atoms with Gasteiger partial charge in [-0.25, -0.2) is 4.79 Å². The Morgan fingerprint density at radius 2 is 1.81 bits per heavy atom. The van der Waals surface area contributed by atoms with Gasteiger partial charge in [0.25, 0.3) is 5.91 Å². The van der Waals surface area contributed by atoms with Crippen LogP contribution >= 0.6 is 11.6 Å². The molecule has 0 fully saturated rings. The second-order valence-corrected chi connectivity index (χ2v) is 6.61. The van der Waals surface area contributed by atoms with Gasteiger partial charge in [0.1, 0.15) is 0 Å². The van der Waals surface area contributed by atoms with Crippen molar-refractivity contribution in [3.05, 3.63) is 82.9 Å². The zero-order chi connectivity index (χ0) is 19.1. The molecule has 1 amide bonds. The molecule has 27 heavy (non-hydrogen) atoms. The number of hydrogen-bond donors (Lipinski definition) is 0. The molecule has 0 N–H and O–H groups in total. The first-order valence-corrected chi connectivity index (χ1v) is 9.12. The van der Waals surface area contributed by atoms with Gasteiger partial charge in [0.15, 0.2) is 6.61 Å². The average Bonchev–Trinajstić information content (AvgIpc) is 2.72. The van der Waals surface area contributed by atoms with Crippen LogP contribution < -0.4 is 0 Å². The van der Waals surface area contributed by atoms with Crippen LogP contribution in [0.3, 0.4) is 0 Å². The molecular weight excluding hydrogens is 362 g/mol. The van der Waals surface area contributed by atoms with Crippen molar-refractivity contribution in [2.24, 2.45) is 0 Å². The Bertz CT molecular complexity index is 857. The standard InChI is InChI=1S/C22H20ClNO3/c23-20-9-6-17(7-10-20)8-11-22(26)27-16-21(25)24-14-12-19(13-15-24)18-4-2-1-3-5-18/h1-12H,13-16H2/b11-8+. The third-order valence-corrected chi connectivity index (χ3v) is 4.58. The average molecular weight is 382 g/mol. The van der Waals surface area contributed by atoms with Gasteiger partial charge in [0.05, 0.1) is 0 Å². The molecule has 4 nitrogen and oxygen atoms in total. The van der Waals surface area contributed by atoms with Gasteiger partial charge in [-0.05, 0) is 41.3 Å². The van der Waals surface area contributed by atoms with Crippen molar-refractivity contribution < 1.29 is 14.3 Å². The molecule has 2 aromatic rings. The van der Waals surface area contributed by atoms with Gasteiger partial charge in [-0.15, -0.1) is 0 Å². The zero-order valence-corrected chi connectivity index (χ0v) is 15.6. The first-order chi connectivity index (χ1) is 13.1. The van der Waals surface area contributed by atoms with Gasteiger partial charge in [-0.1, -0.05) is 60.1 Å². The maximum atomic E-state index is 12.2. The number of nitrogens with zero attached hydrogens (tertiary/aromatic N) is 1. The van der Waals surface area contributed by atoms with Gasteiger partial charge >= 0.3 is 5.97 Å². The minimum atomic E-state index is -0.546. The quantitative estimate of drug-likeness (QED) is 0.575. The van der Waals surface area contributed by atoms with Crippen LogP contribution in [0.15, 0.2) is 66.7 Å². The van der Waals surface area contributed by atoms with Crippen molar-refractivity contribution in [1.82, 2.24) is 4.90 Å². The van der Waals surface area contributed by atoms with Gasteiger partial charge in [-0.2, -0.15) is 0 Å². The highest BCUT2D eigenvalue weighted by atomic mass is 35.5. The van der Waals surface area contributed by atoms with E-state index in [2.05, 4.69) is 18.2 Å². The SMILES string of the molecule is O=C(/C=C/c1ccc(Cl)cc1)OCC(=O)N1CC=C(c2ccccc2)CC1. The lowest BCUT2D eigenvalue weighted by Gasteiger charge is -2.26. The fourth-order valence-corrected chi connectivity index (χ4v) is 2.95. The van der Waals surface area contributed by atoms with Crippen LogP contribution in [-0.4, -0.2) is 36.5 Å². The Hall–Kier alpha value is -2.85. The first-order valence-electron chi connectivity index (χ1n) is 8.74. The second kappa shape index (κ2) is 9.19. The van der Waals surface area contributed by atoms with Crippen LogP contribution in [0.5, 0.6) is 0 Å². The van der Waals surface area contributed by atoms with E-state index in [1.165, 1.54) is 17.2 Å². The van der Waals surface area contributed by atoms with Crippen LogP contribution in [0.4, 0.5) is 0 Å². The Morgan fingerprint density at radius 1 is 1.07 bits per heavy atom. The van der Waals surface area contributed by atoms with E-state index in [-0.39, 0.29) is 12.5 Å². The number of ether oxygens (including phenoxy) is 1. The molecule has 0 aromatic heterocycles. The minimum absolute atomic E-state index is 0.188. The molecule has 138 valence electrons. The number of halogens is 1. The molecule has 1 aliphatic heterocycles. The summed E-state index contributed by atoms with van der Waals surface area (Å²) in [4.78, 5) is 25.7. The number of amides is 1. The van der Waals surface area contributed by atoms with Crippen LogP contribution in [0, 0.1) is 0 Å². The van der Waals surface area contributed by atoms with E-state index < -0.39 is 5.97 Å². The number of esters is 1. The monoisotopic (exact) mass is 381 g/mol. The summed E-state index contributed by atoms with van der Waals surface area (Å²) in [6.45, 7) is 0.900. The molecule has 1 heterocycles. The zero-order valence-electron chi connectivity index (χ0n) is 14.8. The molecule has 0 bridgehead atoms. The summed E-state index contributed by atoms with van der Waals surface area (Å²) in [7, 11) is 0. The summed E-state index contributed by atoms with van der Waals surface area (Å²) in [6.07, 6.45) is 5.78. The maximum Gasteiger partial charge on any atom is 0.331 e. The molecular formula is C22H20ClNO3. The highest BCUT2D eigenvalue weighted by molar-refractivity contribution is 6.30. The van der Waals surface area contributed by atoms with Crippen LogP contribution in [0.25, 0.3) is 11.6 Å². The molecule has 0 saturated heterocycles. The number of rotatable bonds is 5. The number of hydrogen-bond acceptors (Lipinski definition) is 3. The van der Waals surface area contributed by atoms with Gasteiger partial charge in [0.2, 0.25) is 0 Å². The van der Waals surface area contributed by atoms with E-state index in [1.54, 1.807) is 35.2 Å². The molecule has 0 radical (unpaired) electrons. The third kappa shape index (κ3) is 5.56. The lowest BCUT2D eigenvalue weighted by Crippen LogP contribution is -2.37. The second-order valence-electron chi connectivity index (χ2n) is 6.18. The highest BCUT2D eigenvalue weighted by Crippen LogP contribution is 2.22. The lowest BCUT2D eigenvalue weighted by molar-refractivity contribution is -0.147. The van der Waals surface area contributed by atoms with Crippen molar-refractivity contribution in [3.8, 4) is 0 Å². The minimum Gasteiger partial charge on any atom is -0.452 e. The predicted molar refractivity (Wildman–Crippen MR) is 107 cm³/mol. The van der Waals surface area contributed by atoms with Crippen LogP contribution in [-0.2, 0) is 14.3 Å². The van der Waals surface area contributed by atoms with E-state index in [1.807, 2.05) is 18.2 Å². The summed E-state index contributed by atoms with van der Waals surface area (Å²) in [5.41, 5.74) is 3.25. The predicted octanol–water partition coefficient (Wildman–Crippen LogP) is 4.21. The van der Waals surface area contributed by atoms with Crippen molar-refractivity contribution >= 4 is 35.1 Å².